The molecule has 0 radical (unpaired) electrons. The zero-order valence-electron chi connectivity index (χ0n) is 14.4. The van der Waals surface area contributed by atoms with Gasteiger partial charge in [0, 0.05) is 16.8 Å². The molecule has 11 heteroatoms. The molecule has 1 heterocycles. The Bertz CT molecular complexity index is 1250. The van der Waals surface area contributed by atoms with Crippen LogP contribution < -0.4 is 10.0 Å². The Morgan fingerprint density at radius 1 is 0.931 bits per heavy atom. The highest BCUT2D eigenvalue weighted by Gasteiger charge is 2.31. The maximum Gasteiger partial charge on any atom is 0.263 e. The minimum Gasteiger partial charge on any atom is -0.351 e. The topological polar surface area (TPSA) is 118 Å². The fourth-order valence-electron chi connectivity index (χ4n) is 2.71. The average molecular weight is 447 g/mol. The highest BCUT2D eigenvalue weighted by molar-refractivity contribution is 7.93. The Balaban J connectivity index is 1.59. The van der Waals surface area contributed by atoms with Crippen molar-refractivity contribution in [3.05, 3.63) is 75.9 Å². The van der Waals surface area contributed by atoms with Crippen LogP contribution in [0.15, 0.2) is 69.7 Å². The fourth-order valence-corrected chi connectivity index (χ4v) is 4.64. The number of ketones is 2. The lowest BCUT2D eigenvalue weighted by Gasteiger charge is -2.19. The summed E-state index contributed by atoms with van der Waals surface area (Å²) in [6.07, 6.45) is 0. The predicted octanol–water partition coefficient (Wildman–Crippen LogP) is 3.28. The molecule has 1 aliphatic carbocycles. The lowest BCUT2D eigenvalue weighted by atomic mass is 9.92. The number of benzene rings is 2. The number of aromatic nitrogens is 2. The largest absolute Gasteiger partial charge is 0.351 e. The van der Waals surface area contributed by atoms with E-state index in [9.17, 15) is 18.0 Å². The SMILES string of the molecule is O=C1C(Cl)=C(Nc2ccc(S(=O)(=O)Nc3nncs3)cc2)C(=O)c2ccccc21. The molecule has 4 rings (SSSR count). The van der Waals surface area contributed by atoms with Crippen LogP contribution in [0, 0.1) is 0 Å². The molecular weight excluding hydrogens is 436 g/mol. The Morgan fingerprint density at radius 3 is 2.21 bits per heavy atom. The third kappa shape index (κ3) is 3.65. The first-order valence-electron chi connectivity index (χ1n) is 8.11. The van der Waals surface area contributed by atoms with Gasteiger partial charge in [-0.2, -0.15) is 0 Å². The van der Waals surface area contributed by atoms with Crippen LogP contribution in [0.1, 0.15) is 20.7 Å². The second-order valence-electron chi connectivity index (χ2n) is 5.89. The first-order valence-corrected chi connectivity index (χ1v) is 10.8. The first-order chi connectivity index (χ1) is 13.9. The third-order valence-electron chi connectivity index (χ3n) is 4.08. The van der Waals surface area contributed by atoms with Gasteiger partial charge in [-0.15, -0.1) is 10.2 Å². The van der Waals surface area contributed by atoms with Crippen LogP contribution >= 0.6 is 22.9 Å². The van der Waals surface area contributed by atoms with Crippen molar-refractivity contribution < 1.29 is 18.0 Å². The number of nitrogens with zero attached hydrogens (tertiary/aromatic N) is 2. The van der Waals surface area contributed by atoms with Gasteiger partial charge >= 0.3 is 0 Å². The predicted molar refractivity (Wildman–Crippen MR) is 109 cm³/mol. The molecule has 1 aromatic heterocycles. The second-order valence-corrected chi connectivity index (χ2v) is 8.79. The number of allylic oxidation sites excluding steroid dienone is 2. The van der Waals surface area contributed by atoms with Crippen LogP contribution in [-0.4, -0.2) is 30.2 Å². The average Bonchev–Trinajstić information content (AvgIpc) is 3.22. The Hall–Kier alpha value is -3.08. The summed E-state index contributed by atoms with van der Waals surface area (Å²) < 4.78 is 27.0. The number of carbonyl (C=O) groups excluding carboxylic acids is 2. The number of sulfonamides is 1. The molecule has 0 fully saturated rings. The molecule has 0 saturated heterocycles. The number of anilines is 2. The molecule has 8 nitrogen and oxygen atoms in total. The van der Waals surface area contributed by atoms with Crippen LogP contribution in [0.5, 0.6) is 0 Å². The smallest absolute Gasteiger partial charge is 0.263 e. The van der Waals surface area contributed by atoms with Crippen LogP contribution in [0.4, 0.5) is 10.8 Å². The summed E-state index contributed by atoms with van der Waals surface area (Å²) in [5.41, 5.74) is 2.25. The Kier molecular flexibility index (Phi) is 4.91. The van der Waals surface area contributed by atoms with E-state index in [4.69, 9.17) is 11.6 Å². The molecule has 3 aromatic rings. The van der Waals surface area contributed by atoms with Gasteiger partial charge in [-0.3, -0.25) is 14.3 Å². The van der Waals surface area contributed by atoms with Gasteiger partial charge in [0.05, 0.1) is 4.90 Å². The number of nitrogens with one attached hydrogen (secondary N) is 2. The van der Waals surface area contributed by atoms with E-state index >= 15 is 0 Å². The molecule has 0 spiro atoms. The van der Waals surface area contributed by atoms with Crippen LogP contribution in [0.2, 0.25) is 0 Å². The maximum atomic E-state index is 12.7. The summed E-state index contributed by atoms with van der Waals surface area (Å²) in [6, 6.07) is 12.0. The lowest BCUT2D eigenvalue weighted by Crippen LogP contribution is -2.24. The van der Waals surface area contributed by atoms with E-state index in [-0.39, 0.29) is 31.9 Å². The van der Waals surface area contributed by atoms with E-state index < -0.39 is 21.6 Å². The van der Waals surface area contributed by atoms with Gasteiger partial charge in [-0.25, -0.2) is 8.42 Å². The molecule has 0 bridgehead atoms. The highest BCUT2D eigenvalue weighted by Crippen LogP contribution is 2.29. The van der Waals surface area contributed by atoms with Crippen molar-refractivity contribution in [2.45, 2.75) is 4.90 Å². The monoisotopic (exact) mass is 446 g/mol. The van der Waals surface area contributed by atoms with Crippen molar-refractivity contribution in [1.82, 2.24) is 10.2 Å². The van der Waals surface area contributed by atoms with Crippen LogP contribution in [-0.2, 0) is 10.0 Å². The fraction of sp³-hybridized carbons (Fsp3) is 0. The van der Waals surface area contributed by atoms with Crippen molar-refractivity contribution in [1.29, 1.82) is 0 Å². The van der Waals surface area contributed by atoms with Gasteiger partial charge in [0.1, 0.15) is 16.2 Å². The number of fused-ring (bicyclic) bond motifs is 1. The van der Waals surface area contributed by atoms with E-state index in [0.29, 0.717) is 5.69 Å². The highest BCUT2D eigenvalue weighted by atomic mass is 35.5. The number of halogens is 1. The van der Waals surface area contributed by atoms with E-state index in [1.54, 1.807) is 24.3 Å². The van der Waals surface area contributed by atoms with Crippen molar-refractivity contribution in [2.24, 2.45) is 0 Å². The van der Waals surface area contributed by atoms with Gasteiger partial charge < -0.3 is 5.32 Å². The summed E-state index contributed by atoms with van der Waals surface area (Å²) in [5, 5.41) is 9.96. The zero-order valence-corrected chi connectivity index (χ0v) is 16.8. The molecule has 0 aliphatic heterocycles. The van der Waals surface area contributed by atoms with Crippen molar-refractivity contribution >= 4 is 55.3 Å². The molecule has 1 aliphatic rings. The number of Topliss-reactive ketones (excluding diaryl/α,β-unsaturated/α-hetero) is 2. The summed E-state index contributed by atoms with van der Waals surface area (Å²) >= 11 is 7.17. The van der Waals surface area contributed by atoms with E-state index in [0.717, 1.165) is 11.3 Å². The van der Waals surface area contributed by atoms with Gasteiger partial charge in [0.2, 0.25) is 16.7 Å². The molecule has 2 aromatic carbocycles. The molecule has 0 unspecified atom stereocenters. The molecule has 0 amide bonds. The number of hydrogen-bond acceptors (Lipinski definition) is 8. The summed E-state index contributed by atoms with van der Waals surface area (Å²) in [4.78, 5) is 25.1. The minimum absolute atomic E-state index is 0.00489. The third-order valence-corrected chi connectivity index (χ3v) is 6.53. The number of hydrogen-bond donors (Lipinski definition) is 2. The minimum atomic E-state index is -3.83. The molecular formula is C18H11ClN4O4S2. The van der Waals surface area contributed by atoms with Gasteiger partial charge in [0.15, 0.2) is 0 Å². The van der Waals surface area contributed by atoms with Gasteiger partial charge in [0.25, 0.3) is 10.0 Å². The normalized spacial score (nSPS) is 14.0. The number of rotatable bonds is 5. The van der Waals surface area contributed by atoms with Crippen LogP contribution in [0.3, 0.4) is 0 Å². The van der Waals surface area contributed by atoms with E-state index in [1.807, 2.05) is 0 Å². The maximum absolute atomic E-state index is 12.7. The Morgan fingerprint density at radius 2 is 1.59 bits per heavy atom. The van der Waals surface area contributed by atoms with Gasteiger partial charge in [-0.1, -0.05) is 47.2 Å². The molecule has 146 valence electrons. The zero-order chi connectivity index (χ0) is 20.6. The molecule has 2 N–H and O–H groups in total. The molecule has 0 saturated carbocycles. The quantitative estimate of drug-likeness (QED) is 0.617. The second kappa shape index (κ2) is 7.39. The molecule has 29 heavy (non-hydrogen) atoms. The van der Waals surface area contributed by atoms with Crippen molar-refractivity contribution in [3.8, 4) is 0 Å². The van der Waals surface area contributed by atoms with E-state index in [1.165, 1.54) is 29.8 Å². The molecule has 0 atom stereocenters. The Labute approximate surface area is 174 Å². The number of carbonyl (C=O) groups is 2. The van der Waals surface area contributed by atoms with Crippen molar-refractivity contribution in [3.63, 3.8) is 0 Å². The lowest BCUT2D eigenvalue weighted by molar-refractivity contribution is 0.0982. The van der Waals surface area contributed by atoms with Crippen molar-refractivity contribution in [2.75, 3.05) is 10.0 Å². The van der Waals surface area contributed by atoms with E-state index in [2.05, 4.69) is 20.2 Å². The first kappa shape index (κ1) is 19.2. The summed E-state index contributed by atoms with van der Waals surface area (Å²) in [5.74, 6) is -0.871. The van der Waals surface area contributed by atoms with Gasteiger partial charge in [-0.05, 0) is 24.3 Å². The van der Waals surface area contributed by atoms with Crippen LogP contribution in [0.25, 0.3) is 0 Å². The summed E-state index contributed by atoms with van der Waals surface area (Å²) in [6.45, 7) is 0. The standard InChI is InChI=1S/C18H11ClN4O4S2/c19-14-15(17(25)13-4-2-1-3-12(13)16(14)24)21-10-5-7-11(8-6-10)29(26,27)23-18-22-20-9-28-18/h1-9,21H,(H,22,23). The summed E-state index contributed by atoms with van der Waals surface area (Å²) in [7, 11) is -3.83.